The molecule has 4 rings (SSSR count). The highest BCUT2D eigenvalue weighted by molar-refractivity contribution is 7.98. The van der Waals surface area contributed by atoms with Crippen LogP contribution in [0.3, 0.4) is 0 Å². The van der Waals surface area contributed by atoms with Crippen LogP contribution < -0.4 is 5.32 Å². The Morgan fingerprint density at radius 1 is 1.23 bits per heavy atom. The molecule has 1 N–H and O–H groups in total. The van der Waals surface area contributed by atoms with Gasteiger partial charge in [0.05, 0.1) is 19.4 Å². The number of ether oxygens (including phenoxy) is 1. The largest absolute Gasteiger partial charge is 0.379 e. The highest BCUT2D eigenvalue weighted by Gasteiger charge is 2.17. The number of fused-ring (bicyclic) bond motifs is 1. The van der Waals surface area contributed by atoms with E-state index in [1.54, 1.807) is 10.7 Å². The van der Waals surface area contributed by atoms with Crippen molar-refractivity contribution in [3.8, 4) is 0 Å². The summed E-state index contributed by atoms with van der Waals surface area (Å²) in [6.07, 6.45) is 7.48. The van der Waals surface area contributed by atoms with E-state index in [4.69, 9.17) is 4.74 Å². The number of rotatable bonds is 6. The molecule has 1 aliphatic heterocycles. The van der Waals surface area contributed by atoms with Crippen LogP contribution in [-0.4, -0.2) is 62.0 Å². The molecule has 0 atom stereocenters. The molecule has 1 saturated heterocycles. The van der Waals surface area contributed by atoms with E-state index in [1.807, 2.05) is 30.8 Å². The van der Waals surface area contributed by atoms with E-state index in [9.17, 15) is 0 Å². The van der Waals surface area contributed by atoms with E-state index >= 15 is 0 Å². The van der Waals surface area contributed by atoms with E-state index in [1.165, 1.54) is 11.8 Å². The predicted octanol–water partition coefficient (Wildman–Crippen LogP) is 1.69. The lowest BCUT2D eigenvalue weighted by Gasteiger charge is -2.25. The summed E-state index contributed by atoms with van der Waals surface area (Å²) in [5.74, 6) is 0.691. The van der Waals surface area contributed by atoms with Crippen LogP contribution in [0.5, 0.6) is 0 Å². The van der Waals surface area contributed by atoms with Crippen LogP contribution in [0.2, 0.25) is 0 Å². The lowest BCUT2D eigenvalue weighted by atomic mass is 10.3. The Kier molecular flexibility index (Phi) is 5.28. The fourth-order valence-electron chi connectivity index (χ4n) is 2.90. The van der Waals surface area contributed by atoms with Crippen molar-refractivity contribution in [1.29, 1.82) is 0 Å². The summed E-state index contributed by atoms with van der Waals surface area (Å²) in [5.41, 5.74) is 3.05. The third-order valence-electron chi connectivity index (χ3n) is 4.27. The van der Waals surface area contributed by atoms with Crippen molar-refractivity contribution in [2.45, 2.75) is 18.2 Å². The summed E-state index contributed by atoms with van der Waals surface area (Å²) in [6, 6.07) is 3.95. The second-order valence-corrected chi connectivity index (χ2v) is 6.82. The first kappa shape index (κ1) is 17.2. The normalized spacial score (nSPS) is 15.4. The summed E-state index contributed by atoms with van der Waals surface area (Å²) in [4.78, 5) is 15.8. The molecule has 0 aromatic carbocycles. The molecule has 26 heavy (non-hydrogen) atoms. The standard InChI is InChI=1S/C17H21N7OS/c1-26-17-21-15-14(12-23-5-7-25-8-6-23)11-20-24(15)16(22-17)19-10-13-3-2-4-18-9-13/h2-4,9,11H,5-8,10,12H2,1H3,(H,19,21,22). The minimum absolute atomic E-state index is 0.631. The molecule has 0 saturated carbocycles. The van der Waals surface area contributed by atoms with Crippen molar-refractivity contribution in [3.63, 3.8) is 0 Å². The Bertz CT molecular complexity index is 864. The molecule has 9 heteroatoms. The van der Waals surface area contributed by atoms with Gasteiger partial charge < -0.3 is 10.1 Å². The topological polar surface area (TPSA) is 80.5 Å². The maximum atomic E-state index is 5.43. The molecule has 8 nitrogen and oxygen atoms in total. The molecule has 0 spiro atoms. The Balaban J connectivity index is 1.60. The van der Waals surface area contributed by atoms with E-state index in [2.05, 4.69) is 30.3 Å². The maximum Gasteiger partial charge on any atom is 0.228 e. The summed E-state index contributed by atoms with van der Waals surface area (Å²) < 4.78 is 7.21. The maximum absolute atomic E-state index is 5.43. The molecule has 0 radical (unpaired) electrons. The lowest BCUT2D eigenvalue weighted by molar-refractivity contribution is 0.0343. The van der Waals surface area contributed by atoms with Crippen LogP contribution in [-0.2, 0) is 17.8 Å². The van der Waals surface area contributed by atoms with Gasteiger partial charge in [-0.25, -0.2) is 4.98 Å². The van der Waals surface area contributed by atoms with Crippen LogP contribution in [0, 0.1) is 0 Å². The third-order valence-corrected chi connectivity index (χ3v) is 4.82. The van der Waals surface area contributed by atoms with Gasteiger partial charge in [0.2, 0.25) is 5.95 Å². The number of morpholine rings is 1. The number of nitrogens with one attached hydrogen (secondary N) is 1. The molecule has 0 aliphatic carbocycles. The van der Waals surface area contributed by atoms with Crippen molar-refractivity contribution >= 4 is 23.4 Å². The van der Waals surface area contributed by atoms with E-state index in [-0.39, 0.29) is 0 Å². The van der Waals surface area contributed by atoms with E-state index in [0.717, 1.165) is 54.8 Å². The summed E-state index contributed by atoms with van der Waals surface area (Å²) in [6.45, 7) is 4.88. The molecule has 0 bridgehead atoms. The summed E-state index contributed by atoms with van der Waals surface area (Å²) in [5, 5.41) is 8.61. The average molecular weight is 371 g/mol. The van der Waals surface area contributed by atoms with Crippen LogP contribution in [0.15, 0.2) is 35.9 Å². The molecule has 136 valence electrons. The highest BCUT2D eigenvalue weighted by atomic mass is 32.2. The number of pyridine rings is 1. The molecule has 1 aliphatic rings. The number of hydrogen-bond acceptors (Lipinski definition) is 8. The van der Waals surface area contributed by atoms with Gasteiger partial charge in [0.15, 0.2) is 10.8 Å². The first-order valence-electron chi connectivity index (χ1n) is 8.55. The zero-order chi connectivity index (χ0) is 17.8. The lowest BCUT2D eigenvalue weighted by Crippen LogP contribution is -2.35. The van der Waals surface area contributed by atoms with Gasteiger partial charge in [-0.15, -0.1) is 0 Å². The molecular weight excluding hydrogens is 350 g/mol. The Morgan fingerprint density at radius 3 is 2.88 bits per heavy atom. The minimum atomic E-state index is 0.631. The van der Waals surface area contributed by atoms with E-state index < -0.39 is 0 Å². The predicted molar refractivity (Wildman–Crippen MR) is 100 cm³/mol. The fourth-order valence-corrected chi connectivity index (χ4v) is 3.26. The van der Waals surface area contributed by atoms with Crippen molar-refractivity contribution < 1.29 is 4.74 Å². The van der Waals surface area contributed by atoms with Crippen molar-refractivity contribution in [2.75, 3.05) is 37.9 Å². The zero-order valence-corrected chi connectivity index (χ0v) is 15.4. The number of anilines is 1. The number of aromatic nitrogens is 5. The molecule has 3 aromatic rings. The quantitative estimate of drug-likeness (QED) is 0.656. The molecular formula is C17H21N7OS. The van der Waals surface area contributed by atoms with Crippen molar-refractivity contribution in [1.82, 2.24) is 29.5 Å². The SMILES string of the molecule is CSc1nc(NCc2cccnc2)n2ncc(CN3CCOCC3)c2n1. The second kappa shape index (κ2) is 7.98. The summed E-state index contributed by atoms with van der Waals surface area (Å²) >= 11 is 1.53. The Hall–Kier alpha value is -2.23. The number of hydrogen-bond donors (Lipinski definition) is 1. The van der Waals surface area contributed by atoms with Crippen LogP contribution in [0.25, 0.3) is 5.65 Å². The first-order chi connectivity index (χ1) is 12.8. The van der Waals surface area contributed by atoms with Gasteiger partial charge in [-0.2, -0.15) is 14.6 Å². The second-order valence-electron chi connectivity index (χ2n) is 6.04. The van der Waals surface area contributed by atoms with Gasteiger partial charge in [-0.05, 0) is 17.9 Å². The molecule has 3 aromatic heterocycles. The first-order valence-corrected chi connectivity index (χ1v) is 9.77. The number of nitrogens with zero attached hydrogens (tertiary/aromatic N) is 6. The van der Waals surface area contributed by atoms with Crippen LogP contribution >= 0.6 is 11.8 Å². The smallest absolute Gasteiger partial charge is 0.228 e. The van der Waals surface area contributed by atoms with Crippen LogP contribution in [0.4, 0.5) is 5.95 Å². The minimum Gasteiger partial charge on any atom is -0.379 e. The summed E-state index contributed by atoms with van der Waals surface area (Å²) in [7, 11) is 0. The Labute approximate surface area is 156 Å². The van der Waals surface area contributed by atoms with Crippen LogP contribution in [0.1, 0.15) is 11.1 Å². The van der Waals surface area contributed by atoms with Gasteiger partial charge in [0.1, 0.15) is 0 Å². The monoisotopic (exact) mass is 371 g/mol. The molecule has 0 unspecified atom stereocenters. The molecule has 1 fully saturated rings. The van der Waals surface area contributed by atoms with Gasteiger partial charge in [-0.3, -0.25) is 9.88 Å². The Morgan fingerprint density at radius 2 is 2.12 bits per heavy atom. The van der Waals surface area contributed by atoms with Gasteiger partial charge >= 0.3 is 0 Å². The van der Waals surface area contributed by atoms with E-state index in [0.29, 0.717) is 12.5 Å². The highest BCUT2D eigenvalue weighted by Crippen LogP contribution is 2.19. The van der Waals surface area contributed by atoms with Gasteiger partial charge in [-0.1, -0.05) is 17.8 Å². The fraction of sp³-hybridized carbons (Fsp3) is 0.412. The van der Waals surface area contributed by atoms with Crippen molar-refractivity contribution in [2.24, 2.45) is 0 Å². The molecule has 0 amide bonds. The van der Waals surface area contributed by atoms with Gasteiger partial charge in [0, 0.05) is 44.1 Å². The zero-order valence-electron chi connectivity index (χ0n) is 14.6. The van der Waals surface area contributed by atoms with Gasteiger partial charge in [0.25, 0.3) is 0 Å². The number of thioether (sulfide) groups is 1. The molecule has 4 heterocycles. The average Bonchev–Trinajstić information content (AvgIpc) is 3.10. The van der Waals surface area contributed by atoms with Crippen molar-refractivity contribution in [3.05, 3.63) is 41.9 Å². The third kappa shape index (κ3) is 3.79.